The molecule has 1 aliphatic rings. The van der Waals surface area contributed by atoms with Crippen LogP contribution in [-0.4, -0.2) is 41.4 Å². The fraction of sp³-hybridized carbons (Fsp3) is 0.263. The SMILES string of the molecule is OCCCNc1nc(Nc2ccc3c(c2)OCCO3)nc2ccc(F)cc12. The van der Waals surface area contributed by atoms with Crippen molar-refractivity contribution < 1.29 is 19.0 Å². The summed E-state index contributed by atoms with van der Waals surface area (Å²) in [5.74, 6) is 1.89. The van der Waals surface area contributed by atoms with Crippen LogP contribution in [0.4, 0.5) is 21.8 Å². The fourth-order valence-corrected chi connectivity index (χ4v) is 2.83. The first-order chi connectivity index (χ1) is 13.2. The van der Waals surface area contributed by atoms with Gasteiger partial charge < -0.3 is 25.2 Å². The number of rotatable bonds is 6. The fourth-order valence-electron chi connectivity index (χ4n) is 2.83. The number of nitrogens with zero attached hydrogens (tertiary/aromatic N) is 2. The van der Waals surface area contributed by atoms with Gasteiger partial charge in [0, 0.05) is 30.3 Å². The molecular weight excluding hydrogens is 351 g/mol. The molecule has 2 aromatic carbocycles. The molecule has 7 nitrogen and oxygen atoms in total. The first kappa shape index (κ1) is 17.3. The van der Waals surface area contributed by atoms with Gasteiger partial charge in [-0.1, -0.05) is 0 Å². The molecule has 2 heterocycles. The van der Waals surface area contributed by atoms with Crippen molar-refractivity contribution in [1.29, 1.82) is 0 Å². The molecule has 0 unspecified atom stereocenters. The van der Waals surface area contributed by atoms with E-state index in [4.69, 9.17) is 14.6 Å². The first-order valence-corrected chi connectivity index (χ1v) is 8.71. The number of nitrogens with one attached hydrogen (secondary N) is 2. The van der Waals surface area contributed by atoms with Crippen LogP contribution in [0.5, 0.6) is 11.5 Å². The van der Waals surface area contributed by atoms with Gasteiger partial charge in [-0.25, -0.2) is 9.37 Å². The predicted molar refractivity (Wildman–Crippen MR) is 100 cm³/mol. The Hall–Kier alpha value is -3.13. The second kappa shape index (κ2) is 7.63. The van der Waals surface area contributed by atoms with Crippen molar-refractivity contribution in [2.24, 2.45) is 0 Å². The van der Waals surface area contributed by atoms with E-state index in [2.05, 4.69) is 20.6 Å². The van der Waals surface area contributed by atoms with E-state index in [1.54, 1.807) is 6.07 Å². The van der Waals surface area contributed by atoms with E-state index in [1.807, 2.05) is 18.2 Å². The number of aliphatic hydroxyl groups is 1. The van der Waals surface area contributed by atoms with Crippen molar-refractivity contribution in [3.05, 3.63) is 42.2 Å². The zero-order chi connectivity index (χ0) is 18.6. The minimum atomic E-state index is -0.358. The van der Waals surface area contributed by atoms with Gasteiger partial charge in [0.2, 0.25) is 5.95 Å². The minimum absolute atomic E-state index is 0.0622. The number of aromatic nitrogens is 2. The van der Waals surface area contributed by atoms with Gasteiger partial charge >= 0.3 is 0 Å². The van der Waals surface area contributed by atoms with Gasteiger partial charge in [-0.3, -0.25) is 0 Å². The van der Waals surface area contributed by atoms with Crippen molar-refractivity contribution in [2.75, 3.05) is 37.0 Å². The van der Waals surface area contributed by atoms with Crippen LogP contribution in [0, 0.1) is 5.82 Å². The van der Waals surface area contributed by atoms with Crippen LogP contribution in [0.1, 0.15) is 6.42 Å². The quantitative estimate of drug-likeness (QED) is 0.575. The van der Waals surface area contributed by atoms with E-state index in [0.29, 0.717) is 60.3 Å². The summed E-state index contributed by atoms with van der Waals surface area (Å²) in [4.78, 5) is 8.93. The van der Waals surface area contributed by atoms with Crippen molar-refractivity contribution in [1.82, 2.24) is 9.97 Å². The number of halogens is 1. The Bertz CT molecular complexity index is 967. The number of fused-ring (bicyclic) bond motifs is 2. The molecule has 3 aromatic rings. The lowest BCUT2D eigenvalue weighted by Crippen LogP contribution is -2.15. The van der Waals surface area contributed by atoms with Gasteiger partial charge in [0.15, 0.2) is 11.5 Å². The largest absolute Gasteiger partial charge is 0.486 e. The molecule has 1 aromatic heterocycles. The molecule has 0 radical (unpaired) electrons. The molecule has 0 saturated carbocycles. The maximum Gasteiger partial charge on any atom is 0.229 e. The lowest BCUT2D eigenvalue weighted by atomic mass is 10.2. The summed E-state index contributed by atoms with van der Waals surface area (Å²) in [6.07, 6.45) is 0.561. The normalized spacial score (nSPS) is 12.8. The van der Waals surface area contributed by atoms with E-state index < -0.39 is 0 Å². The Labute approximate surface area is 155 Å². The highest BCUT2D eigenvalue weighted by molar-refractivity contribution is 5.90. The zero-order valence-electron chi connectivity index (χ0n) is 14.5. The molecular formula is C19H19FN4O3. The minimum Gasteiger partial charge on any atom is -0.486 e. The van der Waals surface area contributed by atoms with Crippen LogP contribution >= 0.6 is 0 Å². The van der Waals surface area contributed by atoms with Gasteiger partial charge in [0.1, 0.15) is 24.8 Å². The maximum atomic E-state index is 13.6. The van der Waals surface area contributed by atoms with Gasteiger partial charge in [-0.2, -0.15) is 4.98 Å². The monoisotopic (exact) mass is 370 g/mol. The topological polar surface area (TPSA) is 88.5 Å². The van der Waals surface area contributed by atoms with Crippen molar-refractivity contribution in [2.45, 2.75) is 6.42 Å². The van der Waals surface area contributed by atoms with Crippen LogP contribution in [0.2, 0.25) is 0 Å². The Morgan fingerprint density at radius 1 is 1.04 bits per heavy atom. The molecule has 0 saturated heterocycles. The van der Waals surface area contributed by atoms with Crippen LogP contribution < -0.4 is 20.1 Å². The smallest absolute Gasteiger partial charge is 0.229 e. The molecule has 0 spiro atoms. The number of aliphatic hydroxyl groups excluding tert-OH is 1. The molecule has 0 fully saturated rings. The van der Waals surface area contributed by atoms with E-state index >= 15 is 0 Å². The van der Waals surface area contributed by atoms with Gasteiger partial charge in [0.25, 0.3) is 0 Å². The molecule has 8 heteroatoms. The number of hydrogen-bond acceptors (Lipinski definition) is 7. The standard InChI is InChI=1S/C19H19FN4O3/c20-12-2-4-15-14(10-12)18(21-6-1-7-25)24-19(23-15)22-13-3-5-16-17(11-13)27-9-8-26-16/h2-5,10-11,25H,1,6-9H2,(H2,21,22,23,24). The summed E-state index contributed by atoms with van der Waals surface area (Å²) in [5.41, 5.74) is 1.36. The predicted octanol–water partition coefficient (Wildman–Crippen LogP) is 3.08. The lowest BCUT2D eigenvalue weighted by molar-refractivity contribution is 0.171. The Kier molecular flexibility index (Phi) is 4.88. The van der Waals surface area contributed by atoms with E-state index in [9.17, 15) is 4.39 Å². The van der Waals surface area contributed by atoms with Gasteiger partial charge in [-0.05, 0) is 36.8 Å². The molecule has 4 rings (SSSR count). The first-order valence-electron chi connectivity index (χ1n) is 8.71. The molecule has 27 heavy (non-hydrogen) atoms. The number of benzene rings is 2. The molecule has 0 aliphatic carbocycles. The summed E-state index contributed by atoms with van der Waals surface area (Å²) >= 11 is 0. The van der Waals surface area contributed by atoms with E-state index in [-0.39, 0.29) is 12.4 Å². The Balaban J connectivity index is 1.65. The highest BCUT2D eigenvalue weighted by Crippen LogP contribution is 2.33. The van der Waals surface area contributed by atoms with Crippen molar-refractivity contribution in [3.63, 3.8) is 0 Å². The molecule has 0 bridgehead atoms. The second-order valence-electron chi connectivity index (χ2n) is 6.04. The lowest BCUT2D eigenvalue weighted by Gasteiger charge is -2.19. The van der Waals surface area contributed by atoms with E-state index in [1.165, 1.54) is 12.1 Å². The third-order valence-electron chi connectivity index (χ3n) is 4.08. The third kappa shape index (κ3) is 3.85. The van der Waals surface area contributed by atoms with Crippen LogP contribution in [-0.2, 0) is 0 Å². The Morgan fingerprint density at radius 2 is 1.89 bits per heavy atom. The molecule has 140 valence electrons. The van der Waals surface area contributed by atoms with Crippen LogP contribution in [0.3, 0.4) is 0 Å². The van der Waals surface area contributed by atoms with Crippen LogP contribution in [0.15, 0.2) is 36.4 Å². The van der Waals surface area contributed by atoms with Crippen molar-refractivity contribution >= 4 is 28.4 Å². The molecule has 0 amide bonds. The van der Waals surface area contributed by atoms with E-state index in [0.717, 1.165) is 5.69 Å². The highest BCUT2D eigenvalue weighted by Gasteiger charge is 2.13. The van der Waals surface area contributed by atoms with Crippen LogP contribution in [0.25, 0.3) is 10.9 Å². The molecule has 1 aliphatic heterocycles. The summed E-state index contributed by atoms with van der Waals surface area (Å²) in [6.45, 7) is 1.62. The van der Waals surface area contributed by atoms with Gasteiger partial charge in [-0.15, -0.1) is 0 Å². The average molecular weight is 370 g/mol. The summed E-state index contributed by atoms with van der Waals surface area (Å²) in [5, 5.41) is 15.8. The average Bonchev–Trinajstić information content (AvgIpc) is 2.68. The summed E-state index contributed by atoms with van der Waals surface area (Å²) in [7, 11) is 0. The molecule has 0 atom stereocenters. The number of hydrogen-bond donors (Lipinski definition) is 3. The Morgan fingerprint density at radius 3 is 2.74 bits per heavy atom. The highest BCUT2D eigenvalue weighted by atomic mass is 19.1. The maximum absolute atomic E-state index is 13.6. The molecule has 3 N–H and O–H groups in total. The summed E-state index contributed by atoms with van der Waals surface area (Å²) < 4.78 is 24.8. The second-order valence-corrected chi connectivity index (χ2v) is 6.04. The number of ether oxygens (including phenoxy) is 2. The third-order valence-corrected chi connectivity index (χ3v) is 4.08. The van der Waals surface area contributed by atoms with Crippen molar-refractivity contribution in [3.8, 4) is 11.5 Å². The zero-order valence-corrected chi connectivity index (χ0v) is 14.5. The number of anilines is 3. The summed E-state index contributed by atoms with van der Waals surface area (Å²) in [6, 6.07) is 9.87. The van der Waals surface area contributed by atoms with Gasteiger partial charge in [0.05, 0.1) is 5.52 Å².